The van der Waals surface area contributed by atoms with E-state index in [4.69, 9.17) is 18.9 Å². The zero-order valence-electron chi connectivity index (χ0n) is 21.9. The van der Waals surface area contributed by atoms with Crippen molar-refractivity contribution in [3.8, 4) is 5.75 Å². The second-order valence-corrected chi connectivity index (χ2v) is 8.60. The number of rotatable bonds is 17. The molecule has 0 bridgehead atoms. The first-order valence-electron chi connectivity index (χ1n) is 12.7. The fraction of sp³-hybridized carbons (Fsp3) is 0.500. The van der Waals surface area contributed by atoms with E-state index in [1.165, 1.54) is 12.1 Å². The van der Waals surface area contributed by atoms with Crippen LogP contribution in [0.3, 0.4) is 0 Å². The van der Waals surface area contributed by atoms with Gasteiger partial charge in [0.15, 0.2) is 6.10 Å². The maximum Gasteiger partial charge on any atom is 0.410 e. The summed E-state index contributed by atoms with van der Waals surface area (Å²) in [6.07, 6.45) is 0.112. The van der Waals surface area contributed by atoms with Gasteiger partial charge in [0, 0.05) is 26.2 Å². The minimum Gasteiger partial charge on any atom is -0.492 e. The van der Waals surface area contributed by atoms with Crippen LogP contribution in [0.1, 0.15) is 44.7 Å². The van der Waals surface area contributed by atoms with Gasteiger partial charge in [0.2, 0.25) is 0 Å². The van der Waals surface area contributed by atoms with Crippen molar-refractivity contribution in [1.29, 1.82) is 0 Å². The highest BCUT2D eigenvalue weighted by Gasteiger charge is 2.19. The lowest BCUT2D eigenvalue weighted by Crippen LogP contribution is -2.37. The van der Waals surface area contributed by atoms with E-state index >= 15 is 0 Å². The minimum atomic E-state index is -0.993. The van der Waals surface area contributed by atoms with Gasteiger partial charge < -0.3 is 29.0 Å². The Morgan fingerprint density at radius 3 is 2.27 bits per heavy atom. The summed E-state index contributed by atoms with van der Waals surface area (Å²) in [5, 5.41) is 9.24. The summed E-state index contributed by atoms with van der Waals surface area (Å²) in [5.74, 6) is -0.664. The van der Waals surface area contributed by atoms with Crippen molar-refractivity contribution in [3.63, 3.8) is 0 Å². The second kappa shape index (κ2) is 16.6. The summed E-state index contributed by atoms with van der Waals surface area (Å²) in [6.45, 7) is 7.73. The number of ether oxygens (including phenoxy) is 4. The van der Waals surface area contributed by atoms with Gasteiger partial charge in [-0.2, -0.15) is 0 Å². The largest absolute Gasteiger partial charge is 0.492 e. The maximum absolute atomic E-state index is 13.0. The molecule has 2 aromatic carbocycles. The first-order chi connectivity index (χ1) is 17.8. The molecule has 204 valence electrons. The van der Waals surface area contributed by atoms with Crippen LogP contribution < -0.4 is 4.74 Å². The number of carboxylic acids is 1. The molecule has 0 aliphatic carbocycles. The van der Waals surface area contributed by atoms with Gasteiger partial charge in [-0.15, -0.1) is 0 Å². The van der Waals surface area contributed by atoms with Crippen molar-refractivity contribution in [2.45, 2.75) is 58.8 Å². The summed E-state index contributed by atoms with van der Waals surface area (Å²) < 4.78 is 35.2. The zero-order chi connectivity index (χ0) is 27.0. The van der Waals surface area contributed by atoms with E-state index in [1.807, 2.05) is 13.8 Å². The van der Waals surface area contributed by atoms with E-state index < -0.39 is 18.2 Å². The van der Waals surface area contributed by atoms with E-state index in [9.17, 15) is 19.1 Å². The third-order valence-corrected chi connectivity index (χ3v) is 5.65. The molecule has 0 heterocycles. The van der Waals surface area contributed by atoms with Gasteiger partial charge in [-0.1, -0.05) is 31.2 Å². The first-order valence-corrected chi connectivity index (χ1v) is 12.7. The van der Waals surface area contributed by atoms with Crippen LogP contribution in [0.25, 0.3) is 0 Å². The van der Waals surface area contributed by atoms with Crippen LogP contribution in [0, 0.1) is 5.82 Å². The predicted molar refractivity (Wildman–Crippen MR) is 137 cm³/mol. The van der Waals surface area contributed by atoms with Crippen LogP contribution in [0.5, 0.6) is 5.75 Å². The number of aliphatic carboxylic acids is 1. The molecule has 1 amide bonds. The molecular formula is C28H38FNO7. The number of amides is 1. The smallest absolute Gasteiger partial charge is 0.410 e. The van der Waals surface area contributed by atoms with Gasteiger partial charge >= 0.3 is 12.1 Å². The highest BCUT2D eigenvalue weighted by Crippen LogP contribution is 2.15. The number of carbonyl (C=O) groups is 2. The molecule has 0 fully saturated rings. The summed E-state index contributed by atoms with van der Waals surface area (Å²) >= 11 is 0. The van der Waals surface area contributed by atoms with Crippen molar-refractivity contribution in [3.05, 3.63) is 65.5 Å². The van der Waals surface area contributed by atoms with Crippen molar-refractivity contribution in [1.82, 2.24) is 4.90 Å². The van der Waals surface area contributed by atoms with Gasteiger partial charge in [0.1, 0.15) is 24.3 Å². The quantitative estimate of drug-likeness (QED) is 0.291. The molecule has 9 heteroatoms. The highest BCUT2D eigenvalue weighted by molar-refractivity contribution is 5.72. The molecule has 2 rings (SSSR count). The third kappa shape index (κ3) is 11.6. The summed E-state index contributed by atoms with van der Waals surface area (Å²) in [6, 6.07) is 13.3. The Kier molecular flexibility index (Phi) is 13.4. The standard InChI is InChI=1S/C28H38FNO7/c1-4-21(3)37-28(33)30(15-6-17-34-20-23-7-11-24(29)12-8-23)16-18-36-25-13-9-22(10-14-25)19-26(27(31)32)35-5-2/h7-14,21,26H,4-6,15-20H2,1-3H3,(H,31,32). The lowest BCUT2D eigenvalue weighted by Gasteiger charge is -2.24. The van der Waals surface area contributed by atoms with E-state index in [2.05, 4.69) is 0 Å². The Labute approximate surface area is 218 Å². The Bertz CT molecular complexity index is 937. The summed E-state index contributed by atoms with van der Waals surface area (Å²) in [7, 11) is 0. The lowest BCUT2D eigenvalue weighted by molar-refractivity contribution is -0.149. The Morgan fingerprint density at radius 2 is 1.65 bits per heavy atom. The van der Waals surface area contributed by atoms with Gasteiger partial charge in [-0.25, -0.2) is 14.0 Å². The summed E-state index contributed by atoms with van der Waals surface area (Å²) in [5.41, 5.74) is 1.71. The third-order valence-electron chi connectivity index (χ3n) is 5.65. The van der Waals surface area contributed by atoms with Gasteiger partial charge in [0.05, 0.1) is 13.2 Å². The number of carbonyl (C=O) groups excluding carboxylic acids is 1. The van der Waals surface area contributed by atoms with Crippen LogP contribution in [0.4, 0.5) is 9.18 Å². The SMILES string of the molecule is CCOC(Cc1ccc(OCCN(CCCOCc2ccc(F)cc2)C(=O)OC(C)CC)cc1)C(=O)O. The molecule has 2 unspecified atom stereocenters. The van der Waals surface area contributed by atoms with E-state index in [0.717, 1.165) is 17.5 Å². The van der Waals surface area contributed by atoms with Crippen LogP contribution in [0.2, 0.25) is 0 Å². The van der Waals surface area contributed by atoms with Gasteiger partial charge in [-0.3, -0.25) is 0 Å². The molecule has 37 heavy (non-hydrogen) atoms. The van der Waals surface area contributed by atoms with Crippen molar-refractivity contribution >= 4 is 12.1 Å². The fourth-order valence-electron chi connectivity index (χ4n) is 3.38. The number of hydrogen-bond acceptors (Lipinski definition) is 6. The van der Waals surface area contributed by atoms with Crippen LogP contribution in [0.15, 0.2) is 48.5 Å². The minimum absolute atomic E-state index is 0.190. The molecule has 2 aromatic rings. The Hall–Kier alpha value is -3.17. The van der Waals surface area contributed by atoms with Crippen molar-refractivity contribution in [2.75, 3.05) is 32.9 Å². The second-order valence-electron chi connectivity index (χ2n) is 8.60. The van der Waals surface area contributed by atoms with Crippen LogP contribution in [-0.2, 0) is 32.0 Å². The summed E-state index contributed by atoms with van der Waals surface area (Å²) in [4.78, 5) is 25.5. The average Bonchev–Trinajstić information content (AvgIpc) is 2.88. The Balaban J connectivity index is 1.82. The van der Waals surface area contributed by atoms with E-state index in [0.29, 0.717) is 45.1 Å². The predicted octanol–water partition coefficient (Wildman–Crippen LogP) is 5.08. The molecule has 8 nitrogen and oxygen atoms in total. The van der Waals surface area contributed by atoms with Crippen molar-refractivity contribution < 1.29 is 38.0 Å². The molecule has 2 atom stereocenters. The van der Waals surface area contributed by atoms with Gasteiger partial charge in [-0.05, 0) is 62.1 Å². The number of benzene rings is 2. The molecule has 0 radical (unpaired) electrons. The lowest BCUT2D eigenvalue weighted by atomic mass is 10.1. The van der Waals surface area contributed by atoms with E-state index in [-0.39, 0.29) is 24.9 Å². The first kappa shape index (κ1) is 30.1. The molecule has 0 spiro atoms. The highest BCUT2D eigenvalue weighted by atomic mass is 19.1. The molecular weight excluding hydrogens is 481 g/mol. The van der Waals surface area contributed by atoms with Gasteiger partial charge in [0.25, 0.3) is 0 Å². The molecule has 0 saturated heterocycles. The van der Waals surface area contributed by atoms with E-state index in [1.54, 1.807) is 48.2 Å². The molecule has 0 aromatic heterocycles. The molecule has 0 aliphatic rings. The zero-order valence-corrected chi connectivity index (χ0v) is 21.9. The number of nitrogens with zero attached hydrogens (tertiary/aromatic N) is 1. The van der Waals surface area contributed by atoms with Crippen LogP contribution in [-0.4, -0.2) is 67.2 Å². The number of halogens is 1. The van der Waals surface area contributed by atoms with Crippen molar-refractivity contribution in [2.24, 2.45) is 0 Å². The topological polar surface area (TPSA) is 94.5 Å². The average molecular weight is 520 g/mol. The number of carboxylic acid groups (broad SMARTS) is 1. The monoisotopic (exact) mass is 519 g/mol. The molecule has 0 aliphatic heterocycles. The Morgan fingerprint density at radius 1 is 0.973 bits per heavy atom. The maximum atomic E-state index is 13.0. The normalized spacial score (nSPS) is 12.5. The molecule has 0 saturated carbocycles. The van der Waals surface area contributed by atoms with Crippen LogP contribution >= 0.6 is 0 Å². The molecule has 1 N–H and O–H groups in total. The number of hydrogen-bond donors (Lipinski definition) is 1. The fourth-order valence-corrected chi connectivity index (χ4v) is 3.38.